The van der Waals surface area contributed by atoms with Gasteiger partial charge in [-0.25, -0.2) is 4.79 Å². The number of amides is 1. The first-order valence-electron chi connectivity index (χ1n) is 11.1. The van der Waals surface area contributed by atoms with Crippen LogP contribution in [-0.2, 0) is 19.1 Å². The number of carbonyl (C=O) groups is 3. The quantitative estimate of drug-likeness (QED) is 0.269. The van der Waals surface area contributed by atoms with Gasteiger partial charge >= 0.3 is 5.97 Å². The van der Waals surface area contributed by atoms with Crippen LogP contribution in [0.5, 0.6) is 5.75 Å². The Kier molecular flexibility index (Phi) is 7.39. The highest BCUT2D eigenvalue weighted by atomic mass is 35.5. The molecule has 2 N–H and O–H groups in total. The molecular weight excluding hydrogens is 476 g/mol. The zero-order chi connectivity index (χ0) is 25.1. The number of aromatic hydroxyl groups is 1. The van der Waals surface area contributed by atoms with Crippen LogP contribution < -0.4 is 0 Å². The fraction of sp³-hybridized carbons (Fsp3) is 0.320. The molecule has 2 fully saturated rings. The van der Waals surface area contributed by atoms with Gasteiger partial charge < -0.3 is 24.6 Å². The van der Waals surface area contributed by atoms with E-state index in [1.165, 1.54) is 42.3 Å². The molecule has 4 rings (SSSR count). The molecule has 2 heterocycles. The summed E-state index contributed by atoms with van der Waals surface area (Å²) in [6.07, 6.45) is 0. The van der Waals surface area contributed by atoms with Gasteiger partial charge in [-0.05, 0) is 35.9 Å². The van der Waals surface area contributed by atoms with Crippen LogP contribution in [0.25, 0.3) is 5.76 Å². The molecule has 10 heteroatoms. The monoisotopic (exact) mass is 500 g/mol. The molecule has 2 aliphatic rings. The summed E-state index contributed by atoms with van der Waals surface area (Å²) in [6, 6.07) is 9.40. The average Bonchev–Trinajstić information content (AvgIpc) is 3.13. The lowest BCUT2D eigenvalue weighted by Crippen LogP contribution is -2.42. The van der Waals surface area contributed by atoms with Crippen molar-refractivity contribution in [3.63, 3.8) is 0 Å². The van der Waals surface area contributed by atoms with Gasteiger partial charge in [0.25, 0.3) is 11.7 Å². The number of methoxy groups -OCH3 is 1. The molecule has 2 aromatic carbocycles. The molecular formula is C25H25ClN2O7. The van der Waals surface area contributed by atoms with Crippen molar-refractivity contribution >= 4 is 35.0 Å². The van der Waals surface area contributed by atoms with Crippen LogP contribution in [0.3, 0.4) is 0 Å². The van der Waals surface area contributed by atoms with Gasteiger partial charge in [-0.15, -0.1) is 0 Å². The number of likely N-dealkylation sites (tertiary alicyclic amines) is 1. The summed E-state index contributed by atoms with van der Waals surface area (Å²) >= 11 is 6.04. The number of carbonyl (C=O) groups excluding carboxylic acids is 3. The SMILES string of the molecule is COC(=O)c1ccc([C@@H]2C(=C(O)c3cc(Cl)ccc3O)C(=O)C(=O)N2CCN2CCOCC2)cc1. The minimum absolute atomic E-state index is 0.0557. The van der Waals surface area contributed by atoms with Crippen molar-refractivity contribution < 1.29 is 34.1 Å². The number of Topliss-reactive ketones (excluding diaryl/α,β-unsaturated/α-hetero) is 1. The maximum atomic E-state index is 13.2. The number of phenols is 1. The van der Waals surface area contributed by atoms with E-state index in [-0.39, 0.29) is 28.5 Å². The zero-order valence-electron chi connectivity index (χ0n) is 19.1. The molecule has 0 unspecified atom stereocenters. The third kappa shape index (κ3) is 5.02. The molecule has 0 radical (unpaired) electrons. The van der Waals surface area contributed by atoms with E-state index in [2.05, 4.69) is 4.90 Å². The van der Waals surface area contributed by atoms with E-state index in [1.807, 2.05) is 0 Å². The van der Waals surface area contributed by atoms with E-state index in [1.54, 1.807) is 12.1 Å². The van der Waals surface area contributed by atoms with Crippen molar-refractivity contribution in [1.82, 2.24) is 9.80 Å². The fourth-order valence-electron chi connectivity index (χ4n) is 4.29. The summed E-state index contributed by atoms with van der Waals surface area (Å²) in [4.78, 5) is 41.7. The van der Waals surface area contributed by atoms with E-state index in [0.29, 0.717) is 44.0 Å². The molecule has 0 saturated carbocycles. The predicted octanol–water partition coefficient (Wildman–Crippen LogP) is 2.59. The number of hydrogen-bond acceptors (Lipinski definition) is 8. The van der Waals surface area contributed by atoms with E-state index in [0.717, 1.165) is 0 Å². The summed E-state index contributed by atoms with van der Waals surface area (Å²) in [5, 5.41) is 21.7. The maximum Gasteiger partial charge on any atom is 0.337 e. The van der Waals surface area contributed by atoms with Gasteiger partial charge in [-0.1, -0.05) is 23.7 Å². The Morgan fingerprint density at radius 3 is 2.46 bits per heavy atom. The number of hydrogen-bond donors (Lipinski definition) is 2. The number of phenolic OH excluding ortho intramolecular Hbond substituents is 1. The minimum Gasteiger partial charge on any atom is -0.507 e. The van der Waals surface area contributed by atoms with Crippen molar-refractivity contribution in [2.24, 2.45) is 0 Å². The Balaban J connectivity index is 1.77. The Bertz CT molecular complexity index is 1170. The summed E-state index contributed by atoms with van der Waals surface area (Å²) in [5.41, 5.74) is 0.594. The van der Waals surface area contributed by atoms with Crippen LogP contribution in [-0.4, -0.2) is 84.2 Å². The number of halogens is 1. The van der Waals surface area contributed by atoms with E-state index in [9.17, 15) is 24.6 Å². The minimum atomic E-state index is -0.930. The summed E-state index contributed by atoms with van der Waals surface area (Å²) in [7, 11) is 1.27. The molecule has 0 aromatic heterocycles. The highest BCUT2D eigenvalue weighted by Gasteiger charge is 2.46. The molecule has 2 aliphatic heterocycles. The molecule has 1 amide bonds. The van der Waals surface area contributed by atoms with Gasteiger partial charge in [0.15, 0.2) is 0 Å². The molecule has 2 saturated heterocycles. The largest absolute Gasteiger partial charge is 0.507 e. The van der Waals surface area contributed by atoms with E-state index >= 15 is 0 Å². The van der Waals surface area contributed by atoms with Gasteiger partial charge in [-0.3, -0.25) is 14.5 Å². The number of morpholine rings is 1. The first kappa shape index (κ1) is 24.7. The van der Waals surface area contributed by atoms with Gasteiger partial charge in [0, 0.05) is 31.2 Å². The van der Waals surface area contributed by atoms with E-state index in [4.69, 9.17) is 21.1 Å². The molecule has 35 heavy (non-hydrogen) atoms. The molecule has 184 valence electrons. The standard InChI is InChI=1S/C25H25ClN2O7/c1-34-25(33)16-4-2-15(3-5-16)21-20(22(30)18-14-17(26)6-7-19(18)29)23(31)24(32)28(21)9-8-27-10-12-35-13-11-27/h2-7,14,21,29-30H,8-13H2,1H3/t21-/m1/s1. The number of nitrogens with zero attached hydrogens (tertiary/aromatic N) is 2. The molecule has 2 aromatic rings. The maximum absolute atomic E-state index is 13.2. The third-order valence-electron chi connectivity index (χ3n) is 6.16. The Morgan fingerprint density at radius 1 is 1.11 bits per heavy atom. The Morgan fingerprint density at radius 2 is 1.80 bits per heavy atom. The highest BCUT2D eigenvalue weighted by Crippen LogP contribution is 2.41. The Hall–Kier alpha value is -3.40. The van der Waals surface area contributed by atoms with Gasteiger partial charge in [-0.2, -0.15) is 0 Å². The van der Waals surface area contributed by atoms with Gasteiger partial charge in [0.05, 0.1) is 43.1 Å². The van der Waals surface area contributed by atoms with Gasteiger partial charge in [0.1, 0.15) is 11.5 Å². The van der Waals surface area contributed by atoms with Crippen molar-refractivity contribution in [2.45, 2.75) is 6.04 Å². The second-order valence-electron chi connectivity index (χ2n) is 8.22. The second kappa shape index (κ2) is 10.5. The predicted molar refractivity (Wildman–Crippen MR) is 127 cm³/mol. The highest BCUT2D eigenvalue weighted by molar-refractivity contribution is 6.46. The molecule has 0 bridgehead atoms. The Labute approximate surface area is 207 Å². The van der Waals surface area contributed by atoms with Crippen molar-refractivity contribution in [3.05, 3.63) is 69.8 Å². The third-order valence-corrected chi connectivity index (χ3v) is 6.40. The molecule has 0 spiro atoms. The first-order chi connectivity index (χ1) is 16.8. The number of ketones is 1. The first-order valence-corrected chi connectivity index (χ1v) is 11.4. The molecule has 9 nitrogen and oxygen atoms in total. The van der Waals surface area contributed by atoms with Crippen LogP contribution in [0.15, 0.2) is 48.0 Å². The molecule has 1 atom stereocenters. The topological polar surface area (TPSA) is 117 Å². The summed E-state index contributed by atoms with van der Waals surface area (Å²) < 4.78 is 10.1. The second-order valence-corrected chi connectivity index (χ2v) is 8.66. The number of benzene rings is 2. The lowest BCUT2D eigenvalue weighted by atomic mass is 9.94. The number of aliphatic hydroxyl groups is 1. The lowest BCUT2D eigenvalue weighted by molar-refractivity contribution is -0.140. The van der Waals surface area contributed by atoms with Crippen LogP contribution in [0, 0.1) is 0 Å². The van der Waals surface area contributed by atoms with Crippen LogP contribution >= 0.6 is 11.6 Å². The summed E-state index contributed by atoms with van der Waals surface area (Å²) in [5.74, 6) is -2.97. The fourth-order valence-corrected chi connectivity index (χ4v) is 4.47. The number of ether oxygens (including phenoxy) is 2. The van der Waals surface area contributed by atoms with Crippen LogP contribution in [0.1, 0.15) is 27.5 Å². The number of esters is 1. The van der Waals surface area contributed by atoms with Crippen molar-refractivity contribution in [3.8, 4) is 5.75 Å². The van der Waals surface area contributed by atoms with Crippen LogP contribution in [0.4, 0.5) is 0 Å². The van der Waals surface area contributed by atoms with E-state index < -0.39 is 29.5 Å². The smallest absolute Gasteiger partial charge is 0.337 e. The molecule has 0 aliphatic carbocycles. The lowest BCUT2D eigenvalue weighted by Gasteiger charge is -2.31. The number of aliphatic hydroxyl groups excluding tert-OH is 1. The normalized spacial score (nSPS) is 20.3. The summed E-state index contributed by atoms with van der Waals surface area (Å²) in [6.45, 7) is 3.33. The van der Waals surface area contributed by atoms with Crippen LogP contribution in [0.2, 0.25) is 5.02 Å². The zero-order valence-corrected chi connectivity index (χ0v) is 19.8. The van der Waals surface area contributed by atoms with Crippen molar-refractivity contribution in [2.75, 3.05) is 46.5 Å². The van der Waals surface area contributed by atoms with Crippen molar-refractivity contribution in [1.29, 1.82) is 0 Å². The number of rotatable bonds is 6. The van der Waals surface area contributed by atoms with Gasteiger partial charge in [0.2, 0.25) is 0 Å². The average molecular weight is 501 g/mol.